The summed E-state index contributed by atoms with van der Waals surface area (Å²) in [6.07, 6.45) is 3.52. The van der Waals surface area contributed by atoms with Crippen LogP contribution in [0.4, 0.5) is 4.79 Å². The zero-order valence-corrected chi connectivity index (χ0v) is 23.5. The molecule has 1 aromatic heterocycles. The van der Waals surface area contributed by atoms with Crippen molar-refractivity contribution in [1.29, 1.82) is 0 Å². The number of likely N-dealkylation sites (N-methyl/N-ethyl adjacent to an activating group) is 1. The van der Waals surface area contributed by atoms with Crippen molar-refractivity contribution >= 4 is 35.4 Å². The van der Waals surface area contributed by atoms with E-state index in [1.165, 1.54) is 21.8 Å². The van der Waals surface area contributed by atoms with Gasteiger partial charge >= 0.3 is 12.0 Å². The number of rotatable bonds is 6. The molecular formula is C32H30N4O3S. The van der Waals surface area contributed by atoms with Crippen LogP contribution in [-0.4, -0.2) is 45.8 Å². The number of aliphatic imine (C=N–C) groups is 1. The van der Waals surface area contributed by atoms with Crippen molar-refractivity contribution in [3.63, 3.8) is 0 Å². The van der Waals surface area contributed by atoms with E-state index in [1.54, 1.807) is 11.6 Å². The molecule has 4 aromatic rings. The summed E-state index contributed by atoms with van der Waals surface area (Å²) in [5, 5.41) is 1.98. The summed E-state index contributed by atoms with van der Waals surface area (Å²) in [7, 11) is 1.85. The van der Waals surface area contributed by atoms with Gasteiger partial charge < -0.3 is 9.64 Å². The molecule has 8 heteroatoms. The van der Waals surface area contributed by atoms with Crippen LogP contribution < -0.4 is 0 Å². The lowest BCUT2D eigenvalue weighted by Crippen LogP contribution is -2.37. The van der Waals surface area contributed by atoms with E-state index < -0.39 is 12.0 Å². The van der Waals surface area contributed by atoms with Gasteiger partial charge in [0.15, 0.2) is 5.01 Å². The lowest BCUT2D eigenvalue weighted by Gasteiger charge is -2.20. The largest absolute Gasteiger partial charge is 0.444 e. The van der Waals surface area contributed by atoms with Crippen molar-refractivity contribution in [3.8, 4) is 0 Å². The van der Waals surface area contributed by atoms with Crippen LogP contribution in [0.25, 0.3) is 6.08 Å². The zero-order chi connectivity index (χ0) is 28.1. The van der Waals surface area contributed by atoms with Crippen molar-refractivity contribution in [2.24, 2.45) is 4.99 Å². The lowest BCUT2D eigenvalue weighted by atomic mass is 10.0. The smallest absolute Gasteiger partial charge is 0.421 e. The third-order valence-corrected chi connectivity index (χ3v) is 7.49. The summed E-state index contributed by atoms with van der Waals surface area (Å²) >= 11 is 1.21. The molecule has 202 valence electrons. The molecule has 0 bridgehead atoms. The molecule has 1 aliphatic heterocycles. The van der Waals surface area contributed by atoms with Gasteiger partial charge in [-0.15, -0.1) is 11.3 Å². The lowest BCUT2D eigenvalue weighted by molar-refractivity contribution is 0.0999. The summed E-state index contributed by atoms with van der Waals surface area (Å²) in [4.78, 5) is 38.7. The maximum Gasteiger partial charge on any atom is 0.421 e. The highest BCUT2D eigenvalue weighted by atomic mass is 32.1. The molecular weight excluding hydrogens is 520 g/mol. The fraction of sp³-hybridized carbons (Fsp3) is 0.188. The molecule has 1 aliphatic rings. The van der Waals surface area contributed by atoms with Gasteiger partial charge in [0.1, 0.15) is 6.61 Å². The molecule has 1 saturated heterocycles. The Labute approximate surface area is 238 Å². The number of nitrogens with zero attached hydrogens (tertiary/aromatic N) is 4. The van der Waals surface area contributed by atoms with E-state index in [0.29, 0.717) is 12.1 Å². The maximum absolute atomic E-state index is 13.8. The number of thiazole rings is 1. The van der Waals surface area contributed by atoms with Crippen LogP contribution in [0.15, 0.2) is 101 Å². The van der Waals surface area contributed by atoms with Crippen LogP contribution in [0.3, 0.4) is 0 Å². The van der Waals surface area contributed by atoms with Gasteiger partial charge in [-0.3, -0.25) is 4.79 Å². The predicted molar refractivity (Wildman–Crippen MR) is 158 cm³/mol. The fourth-order valence-electron chi connectivity index (χ4n) is 4.51. The highest BCUT2D eigenvalue weighted by Crippen LogP contribution is 2.31. The first-order valence-corrected chi connectivity index (χ1v) is 13.9. The number of ether oxygens (including phenoxy) is 1. The Morgan fingerprint density at radius 3 is 2.27 bits per heavy atom. The minimum absolute atomic E-state index is 0.0913. The van der Waals surface area contributed by atoms with Crippen molar-refractivity contribution in [2.75, 3.05) is 7.05 Å². The first kappa shape index (κ1) is 27.0. The average molecular weight is 551 g/mol. The summed E-state index contributed by atoms with van der Waals surface area (Å²) in [5.41, 5.74) is 5.87. The standard InChI is InChI=1S/C32H30N4O3S/c1-22-9-13-24(14-10-22)19-27-28(20-25-15-11-23(2)12-16-25)36(32(38)39-21-26-7-5-4-6-8-26)31(35(27)3)34-29(37)30-33-17-18-40-30/h4-18,20,27H,19,21H2,1-3H3/b28-20-,34-31?. The number of aromatic nitrogens is 1. The summed E-state index contributed by atoms with van der Waals surface area (Å²) in [6, 6.07) is 25.6. The summed E-state index contributed by atoms with van der Waals surface area (Å²) < 4.78 is 5.78. The number of amides is 2. The molecule has 3 aromatic carbocycles. The normalized spacial score (nSPS) is 17.0. The molecule has 2 amide bonds. The molecule has 1 unspecified atom stereocenters. The van der Waals surface area contributed by atoms with E-state index in [0.717, 1.165) is 22.3 Å². The third-order valence-electron chi connectivity index (χ3n) is 6.73. The van der Waals surface area contributed by atoms with E-state index in [4.69, 9.17) is 4.74 Å². The van der Waals surface area contributed by atoms with Gasteiger partial charge in [-0.25, -0.2) is 14.7 Å². The van der Waals surface area contributed by atoms with E-state index in [-0.39, 0.29) is 23.6 Å². The van der Waals surface area contributed by atoms with Gasteiger partial charge in [0, 0.05) is 18.6 Å². The molecule has 0 N–H and O–H groups in total. The summed E-state index contributed by atoms with van der Waals surface area (Å²) in [5.74, 6) is -0.308. The minimum Gasteiger partial charge on any atom is -0.444 e. The SMILES string of the molecule is Cc1ccc(/C=C2/C(Cc3ccc(C)cc3)N(C)C(=NC(=O)c3nccs3)N2C(=O)OCc2ccccc2)cc1. The van der Waals surface area contributed by atoms with Crippen molar-refractivity contribution in [1.82, 2.24) is 14.8 Å². The average Bonchev–Trinajstić information content (AvgIpc) is 3.59. The van der Waals surface area contributed by atoms with Gasteiger partial charge in [0.2, 0.25) is 5.96 Å². The minimum atomic E-state index is -0.605. The number of hydrogen-bond acceptors (Lipinski definition) is 5. The van der Waals surface area contributed by atoms with E-state index in [1.807, 2.05) is 86.5 Å². The molecule has 1 atom stereocenters. The van der Waals surface area contributed by atoms with Gasteiger partial charge in [-0.1, -0.05) is 90.0 Å². The van der Waals surface area contributed by atoms with Crippen LogP contribution in [0.5, 0.6) is 0 Å². The first-order chi connectivity index (χ1) is 19.4. The molecule has 2 heterocycles. The number of carbonyl (C=O) groups excluding carboxylic acids is 2. The fourth-order valence-corrected chi connectivity index (χ4v) is 5.03. The molecule has 0 radical (unpaired) electrons. The third kappa shape index (κ3) is 6.18. The number of benzene rings is 3. The molecule has 40 heavy (non-hydrogen) atoms. The Hall–Kier alpha value is -4.56. The molecule has 7 nitrogen and oxygen atoms in total. The molecule has 0 spiro atoms. The summed E-state index contributed by atoms with van der Waals surface area (Å²) in [6.45, 7) is 4.17. The Kier molecular flexibility index (Phi) is 8.17. The number of hydrogen-bond donors (Lipinski definition) is 0. The quantitative estimate of drug-likeness (QED) is 0.274. The van der Waals surface area contributed by atoms with Gasteiger partial charge in [-0.05, 0) is 43.0 Å². The molecule has 0 aliphatic carbocycles. The van der Waals surface area contributed by atoms with Crippen molar-refractivity contribution < 1.29 is 14.3 Å². The maximum atomic E-state index is 13.8. The molecule has 0 saturated carbocycles. The Morgan fingerprint density at radius 2 is 1.62 bits per heavy atom. The Morgan fingerprint density at radius 1 is 0.950 bits per heavy atom. The topological polar surface area (TPSA) is 75.1 Å². The van der Waals surface area contributed by atoms with Crippen LogP contribution >= 0.6 is 11.3 Å². The molecule has 1 fully saturated rings. The Bertz CT molecular complexity index is 1530. The van der Waals surface area contributed by atoms with Crippen LogP contribution in [0.2, 0.25) is 0 Å². The van der Waals surface area contributed by atoms with Crippen molar-refractivity contribution in [2.45, 2.75) is 32.9 Å². The van der Waals surface area contributed by atoms with Crippen LogP contribution in [-0.2, 0) is 17.8 Å². The second-order valence-corrected chi connectivity index (χ2v) is 10.6. The second-order valence-electron chi connectivity index (χ2n) is 9.73. The molecule has 5 rings (SSSR count). The second kappa shape index (κ2) is 12.1. The number of aryl methyl sites for hydroxylation is 2. The van der Waals surface area contributed by atoms with Gasteiger partial charge in [0.25, 0.3) is 0 Å². The Balaban J connectivity index is 1.58. The first-order valence-electron chi connectivity index (χ1n) is 13.0. The zero-order valence-electron chi connectivity index (χ0n) is 22.7. The van der Waals surface area contributed by atoms with Gasteiger partial charge in [0.05, 0.1) is 11.7 Å². The van der Waals surface area contributed by atoms with Gasteiger partial charge in [-0.2, -0.15) is 4.99 Å². The monoisotopic (exact) mass is 550 g/mol. The van der Waals surface area contributed by atoms with E-state index in [2.05, 4.69) is 34.2 Å². The van der Waals surface area contributed by atoms with E-state index >= 15 is 0 Å². The van der Waals surface area contributed by atoms with Crippen LogP contribution in [0, 0.1) is 13.8 Å². The highest BCUT2D eigenvalue weighted by Gasteiger charge is 2.43. The predicted octanol–water partition coefficient (Wildman–Crippen LogP) is 6.49. The van der Waals surface area contributed by atoms with Crippen LogP contribution in [0.1, 0.15) is 37.6 Å². The highest BCUT2D eigenvalue weighted by molar-refractivity contribution is 7.11. The number of carbonyl (C=O) groups is 2. The number of guanidine groups is 1. The van der Waals surface area contributed by atoms with Crippen molar-refractivity contribution in [3.05, 3.63) is 129 Å². The van der Waals surface area contributed by atoms with E-state index in [9.17, 15) is 9.59 Å².